The Morgan fingerprint density at radius 3 is 2.67 bits per heavy atom. The van der Waals surface area contributed by atoms with Crippen LogP contribution in [0.15, 0.2) is 0 Å². The fourth-order valence-corrected chi connectivity index (χ4v) is 1.17. The zero-order valence-electron chi connectivity index (χ0n) is 7.50. The van der Waals surface area contributed by atoms with E-state index in [1.54, 1.807) is 0 Å². The monoisotopic (exact) mass is 172 g/mol. The van der Waals surface area contributed by atoms with Gasteiger partial charge in [-0.05, 0) is 31.9 Å². The molecule has 12 heavy (non-hydrogen) atoms. The van der Waals surface area contributed by atoms with Crippen LogP contribution in [0.2, 0.25) is 0 Å². The Balaban J connectivity index is 3.59. The zero-order chi connectivity index (χ0) is 9.56. The van der Waals surface area contributed by atoms with Gasteiger partial charge in [0, 0.05) is 6.04 Å². The average molecular weight is 172 g/mol. The highest BCUT2D eigenvalue weighted by atomic mass is 16.4. The van der Waals surface area contributed by atoms with Gasteiger partial charge < -0.3 is 15.8 Å². The van der Waals surface area contributed by atoms with Crippen molar-refractivity contribution in [2.24, 2.45) is 5.92 Å². The van der Waals surface area contributed by atoms with Gasteiger partial charge in [-0.15, -0.1) is 0 Å². The standard InChI is InChI=1S/C8H16N2O2/c1-6(3-4-9)5-7(2)10-8(11)12/h4,6-7,9-10H,3,5H2,1-2H3,(H,11,12)/t6?,7-/m0/s1. The molecule has 0 bridgehead atoms. The van der Waals surface area contributed by atoms with Crippen LogP contribution in [0.4, 0.5) is 4.79 Å². The van der Waals surface area contributed by atoms with E-state index < -0.39 is 6.09 Å². The third-order valence-corrected chi connectivity index (χ3v) is 1.65. The maximum atomic E-state index is 10.2. The molecule has 0 aliphatic carbocycles. The molecule has 0 aliphatic heterocycles. The van der Waals surface area contributed by atoms with E-state index in [0.29, 0.717) is 12.3 Å². The first-order chi connectivity index (χ1) is 5.56. The minimum absolute atomic E-state index is 0.0301. The number of carbonyl (C=O) groups is 1. The number of hydrogen-bond donors (Lipinski definition) is 3. The second kappa shape index (κ2) is 5.57. The highest BCUT2D eigenvalue weighted by Gasteiger charge is 2.09. The predicted molar refractivity (Wildman–Crippen MR) is 47.8 cm³/mol. The van der Waals surface area contributed by atoms with Crippen LogP contribution in [0, 0.1) is 11.3 Å². The Hall–Kier alpha value is -1.06. The van der Waals surface area contributed by atoms with Crippen LogP contribution < -0.4 is 5.32 Å². The van der Waals surface area contributed by atoms with E-state index in [1.807, 2.05) is 13.8 Å². The molecular formula is C8H16N2O2. The third-order valence-electron chi connectivity index (χ3n) is 1.65. The molecule has 0 saturated carbocycles. The number of hydrogen-bond acceptors (Lipinski definition) is 2. The third kappa shape index (κ3) is 5.70. The first-order valence-electron chi connectivity index (χ1n) is 4.04. The summed E-state index contributed by atoms with van der Waals surface area (Å²) in [6.07, 6.45) is 1.87. The highest BCUT2D eigenvalue weighted by Crippen LogP contribution is 2.08. The maximum absolute atomic E-state index is 10.2. The Kier molecular flexibility index (Phi) is 5.08. The molecule has 0 saturated heterocycles. The van der Waals surface area contributed by atoms with E-state index in [0.717, 1.165) is 6.42 Å². The van der Waals surface area contributed by atoms with E-state index in [9.17, 15) is 4.79 Å². The average Bonchev–Trinajstić information content (AvgIpc) is 1.84. The molecule has 3 N–H and O–H groups in total. The van der Waals surface area contributed by atoms with Crippen LogP contribution in [0.5, 0.6) is 0 Å². The first kappa shape index (κ1) is 10.9. The normalized spacial score (nSPS) is 14.8. The Morgan fingerprint density at radius 1 is 1.67 bits per heavy atom. The summed E-state index contributed by atoms with van der Waals surface area (Å²) in [6, 6.07) is -0.0301. The van der Waals surface area contributed by atoms with Crippen molar-refractivity contribution in [3.05, 3.63) is 0 Å². The SMILES string of the molecule is CC(CC=N)C[C@H](C)NC(=O)O. The number of rotatable bonds is 5. The Labute approximate surface area is 72.5 Å². The number of amides is 1. The second-order valence-electron chi connectivity index (χ2n) is 3.13. The van der Waals surface area contributed by atoms with Gasteiger partial charge in [0.25, 0.3) is 0 Å². The minimum Gasteiger partial charge on any atom is -0.465 e. The van der Waals surface area contributed by atoms with Crippen molar-refractivity contribution in [2.75, 3.05) is 0 Å². The van der Waals surface area contributed by atoms with E-state index >= 15 is 0 Å². The van der Waals surface area contributed by atoms with Crippen LogP contribution in [0.1, 0.15) is 26.7 Å². The van der Waals surface area contributed by atoms with Crippen molar-refractivity contribution < 1.29 is 9.90 Å². The van der Waals surface area contributed by atoms with E-state index in [2.05, 4.69) is 5.32 Å². The first-order valence-corrected chi connectivity index (χ1v) is 4.04. The van der Waals surface area contributed by atoms with Gasteiger partial charge in [0.1, 0.15) is 0 Å². The lowest BCUT2D eigenvalue weighted by Gasteiger charge is -2.15. The molecule has 2 atom stereocenters. The lowest BCUT2D eigenvalue weighted by Crippen LogP contribution is -2.32. The quantitative estimate of drug-likeness (QED) is 0.552. The van der Waals surface area contributed by atoms with Crippen molar-refractivity contribution in [1.29, 1.82) is 5.41 Å². The summed E-state index contributed by atoms with van der Waals surface area (Å²) in [6.45, 7) is 3.83. The molecule has 4 heteroatoms. The molecule has 4 nitrogen and oxygen atoms in total. The molecule has 0 spiro atoms. The molecule has 0 aliphatic rings. The lowest BCUT2D eigenvalue weighted by molar-refractivity contribution is 0.189. The van der Waals surface area contributed by atoms with Crippen LogP contribution in [-0.4, -0.2) is 23.5 Å². The summed E-state index contributed by atoms with van der Waals surface area (Å²) in [5.41, 5.74) is 0. The topological polar surface area (TPSA) is 73.2 Å². The Bertz CT molecular complexity index is 159. The van der Waals surface area contributed by atoms with Crippen LogP contribution in [0.25, 0.3) is 0 Å². The smallest absolute Gasteiger partial charge is 0.404 e. The van der Waals surface area contributed by atoms with Crippen molar-refractivity contribution >= 4 is 12.3 Å². The van der Waals surface area contributed by atoms with Gasteiger partial charge in [0.2, 0.25) is 0 Å². The van der Waals surface area contributed by atoms with Gasteiger partial charge in [0.05, 0.1) is 0 Å². The molecule has 0 aromatic rings. The summed E-state index contributed by atoms with van der Waals surface area (Å²) in [5, 5.41) is 17.6. The fraction of sp³-hybridized carbons (Fsp3) is 0.750. The highest BCUT2D eigenvalue weighted by molar-refractivity contribution is 5.64. The van der Waals surface area contributed by atoms with Crippen LogP contribution in [-0.2, 0) is 0 Å². The molecule has 0 heterocycles. The van der Waals surface area contributed by atoms with Gasteiger partial charge in [-0.1, -0.05) is 6.92 Å². The van der Waals surface area contributed by atoms with Crippen molar-refractivity contribution in [2.45, 2.75) is 32.7 Å². The molecule has 0 aromatic carbocycles. The summed E-state index contributed by atoms with van der Waals surface area (Å²) < 4.78 is 0. The molecule has 0 rings (SSSR count). The van der Waals surface area contributed by atoms with Crippen molar-refractivity contribution in [3.8, 4) is 0 Å². The zero-order valence-corrected chi connectivity index (χ0v) is 7.50. The fourth-order valence-electron chi connectivity index (χ4n) is 1.17. The summed E-state index contributed by atoms with van der Waals surface area (Å²) in [4.78, 5) is 10.2. The maximum Gasteiger partial charge on any atom is 0.404 e. The van der Waals surface area contributed by atoms with E-state index in [-0.39, 0.29) is 6.04 Å². The minimum atomic E-state index is -0.982. The van der Waals surface area contributed by atoms with Crippen molar-refractivity contribution in [3.63, 3.8) is 0 Å². The van der Waals surface area contributed by atoms with E-state index in [4.69, 9.17) is 10.5 Å². The van der Waals surface area contributed by atoms with Gasteiger partial charge in [-0.25, -0.2) is 4.79 Å². The van der Waals surface area contributed by atoms with Crippen LogP contribution in [0.3, 0.4) is 0 Å². The molecule has 1 amide bonds. The second-order valence-corrected chi connectivity index (χ2v) is 3.13. The van der Waals surface area contributed by atoms with Gasteiger partial charge in [0.15, 0.2) is 0 Å². The number of carboxylic acid groups (broad SMARTS) is 1. The molecule has 0 aromatic heterocycles. The predicted octanol–water partition coefficient (Wildman–Crippen LogP) is 1.71. The van der Waals surface area contributed by atoms with E-state index in [1.165, 1.54) is 6.21 Å². The Morgan fingerprint density at radius 2 is 2.25 bits per heavy atom. The summed E-state index contributed by atoms with van der Waals surface area (Å²) in [7, 11) is 0. The number of nitrogens with one attached hydrogen (secondary N) is 2. The largest absolute Gasteiger partial charge is 0.465 e. The lowest BCUT2D eigenvalue weighted by atomic mass is 10.0. The summed E-state index contributed by atoms with van der Waals surface area (Å²) in [5.74, 6) is 0.365. The van der Waals surface area contributed by atoms with Gasteiger partial charge in [-0.2, -0.15) is 0 Å². The van der Waals surface area contributed by atoms with Crippen LogP contribution >= 0.6 is 0 Å². The molecular weight excluding hydrogens is 156 g/mol. The summed E-state index contributed by atoms with van der Waals surface area (Å²) >= 11 is 0. The molecule has 0 radical (unpaired) electrons. The van der Waals surface area contributed by atoms with Gasteiger partial charge >= 0.3 is 6.09 Å². The molecule has 1 unspecified atom stereocenters. The molecule has 70 valence electrons. The molecule has 0 fully saturated rings. The van der Waals surface area contributed by atoms with Gasteiger partial charge in [-0.3, -0.25) is 0 Å². The van der Waals surface area contributed by atoms with Crippen molar-refractivity contribution in [1.82, 2.24) is 5.32 Å².